The summed E-state index contributed by atoms with van der Waals surface area (Å²) in [6, 6.07) is 5.47. The lowest BCUT2D eigenvalue weighted by atomic mass is 10.1. The second-order valence-electron chi connectivity index (χ2n) is 7.18. The summed E-state index contributed by atoms with van der Waals surface area (Å²) in [6.07, 6.45) is -5.57. The molecule has 1 aromatic rings. The average Bonchev–Trinajstić information content (AvgIpc) is 3.25. The lowest BCUT2D eigenvalue weighted by molar-refractivity contribution is -0.186. The number of carbonyl (C=O) groups is 4. The molecule has 0 aromatic heterocycles. The maximum absolute atomic E-state index is 13.0. The van der Waals surface area contributed by atoms with Crippen molar-refractivity contribution in [3.8, 4) is 0 Å². The van der Waals surface area contributed by atoms with Crippen molar-refractivity contribution >= 4 is 23.8 Å². The molecule has 30 heavy (non-hydrogen) atoms. The molecule has 2 aliphatic rings. The van der Waals surface area contributed by atoms with E-state index in [4.69, 9.17) is 0 Å². The van der Waals surface area contributed by atoms with Gasteiger partial charge < -0.3 is 14.9 Å². The molecular weight excluding hydrogens is 407 g/mol. The summed E-state index contributed by atoms with van der Waals surface area (Å²) in [5.41, 5.74) is 0.461. The molecule has 1 unspecified atom stereocenters. The monoisotopic (exact) mass is 427 g/mol. The van der Waals surface area contributed by atoms with Gasteiger partial charge in [0.15, 0.2) is 0 Å². The molecule has 1 N–H and O–H groups in total. The van der Waals surface area contributed by atoms with Gasteiger partial charge in [-0.1, -0.05) is 12.1 Å². The summed E-state index contributed by atoms with van der Waals surface area (Å²) < 4.78 is 39.1. The van der Waals surface area contributed by atoms with E-state index in [0.29, 0.717) is 17.7 Å². The third kappa shape index (κ3) is 4.24. The predicted molar refractivity (Wildman–Crippen MR) is 96.8 cm³/mol. The SMILES string of the molecule is O=C1c2ccccc2C(=O)N1CCCN(CC1CCCN1C(=O)O)C(=O)C(F)(F)F. The van der Waals surface area contributed by atoms with Crippen LogP contribution in [-0.2, 0) is 4.79 Å². The van der Waals surface area contributed by atoms with Crippen molar-refractivity contribution in [1.82, 2.24) is 14.7 Å². The maximum atomic E-state index is 13.0. The van der Waals surface area contributed by atoms with E-state index in [2.05, 4.69) is 0 Å². The van der Waals surface area contributed by atoms with Gasteiger partial charge in [0.05, 0.1) is 17.2 Å². The first kappa shape index (κ1) is 21.6. The fourth-order valence-electron chi connectivity index (χ4n) is 3.85. The number of nitrogens with zero attached hydrogens (tertiary/aromatic N) is 3. The second kappa shape index (κ2) is 8.33. The van der Waals surface area contributed by atoms with Crippen molar-refractivity contribution in [3.05, 3.63) is 35.4 Å². The topological polar surface area (TPSA) is 98.2 Å². The Morgan fingerprint density at radius 2 is 1.73 bits per heavy atom. The van der Waals surface area contributed by atoms with Crippen molar-refractivity contribution in [2.75, 3.05) is 26.2 Å². The third-order valence-corrected chi connectivity index (χ3v) is 5.27. The van der Waals surface area contributed by atoms with Gasteiger partial charge in [0.2, 0.25) is 0 Å². The second-order valence-corrected chi connectivity index (χ2v) is 7.18. The number of likely N-dealkylation sites (tertiary alicyclic amines) is 1. The molecule has 162 valence electrons. The quantitative estimate of drug-likeness (QED) is 0.702. The van der Waals surface area contributed by atoms with Crippen LogP contribution in [0.1, 0.15) is 40.0 Å². The van der Waals surface area contributed by atoms with Gasteiger partial charge >= 0.3 is 18.2 Å². The molecule has 11 heteroatoms. The molecule has 2 heterocycles. The zero-order valence-corrected chi connectivity index (χ0v) is 15.9. The largest absolute Gasteiger partial charge is 0.471 e. The number of halogens is 3. The van der Waals surface area contributed by atoms with Crippen molar-refractivity contribution < 1.29 is 37.5 Å². The highest BCUT2D eigenvalue weighted by Gasteiger charge is 2.44. The first-order valence-electron chi connectivity index (χ1n) is 9.42. The van der Waals surface area contributed by atoms with E-state index in [0.717, 1.165) is 9.80 Å². The van der Waals surface area contributed by atoms with Crippen LogP contribution < -0.4 is 0 Å². The maximum Gasteiger partial charge on any atom is 0.471 e. The zero-order valence-electron chi connectivity index (χ0n) is 15.9. The van der Waals surface area contributed by atoms with Crippen LogP contribution in [0, 0.1) is 0 Å². The van der Waals surface area contributed by atoms with Crippen LogP contribution in [0.25, 0.3) is 0 Å². The van der Waals surface area contributed by atoms with Crippen LogP contribution >= 0.6 is 0 Å². The number of fused-ring (bicyclic) bond motifs is 1. The van der Waals surface area contributed by atoms with E-state index in [1.165, 1.54) is 12.1 Å². The van der Waals surface area contributed by atoms with Gasteiger partial charge in [-0.05, 0) is 31.4 Å². The number of imide groups is 1. The van der Waals surface area contributed by atoms with Gasteiger partial charge in [0.25, 0.3) is 11.8 Å². The highest BCUT2D eigenvalue weighted by molar-refractivity contribution is 6.21. The summed E-state index contributed by atoms with van der Waals surface area (Å²) in [6.45, 7) is -0.715. The number of amides is 4. The van der Waals surface area contributed by atoms with E-state index < -0.39 is 42.6 Å². The van der Waals surface area contributed by atoms with Gasteiger partial charge in [-0.2, -0.15) is 13.2 Å². The predicted octanol–water partition coefficient (Wildman–Crippen LogP) is 2.21. The summed E-state index contributed by atoms with van der Waals surface area (Å²) in [5.74, 6) is -3.13. The molecule has 1 fully saturated rings. The number of carboxylic acid groups (broad SMARTS) is 1. The highest BCUT2D eigenvalue weighted by atomic mass is 19.4. The molecule has 1 aromatic carbocycles. The summed E-state index contributed by atoms with van der Waals surface area (Å²) >= 11 is 0. The Labute approximate surface area is 169 Å². The number of carbonyl (C=O) groups excluding carboxylic acids is 3. The van der Waals surface area contributed by atoms with Crippen LogP contribution in [0.4, 0.5) is 18.0 Å². The Hall–Kier alpha value is -3.11. The van der Waals surface area contributed by atoms with Gasteiger partial charge in [-0.15, -0.1) is 0 Å². The Bertz CT molecular complexity index is 838. The van der Waals surface area contributed by atoms with E-state index in [1.807, 2.05) is 0 Å². The van der Waals surface area contributed by atoms with Gasteiger partial charge in [0.1, 0.15) is 0 Å². The number of rotatable bonds is 6. The summed E-state index contributed by atoms with van der Waals surface area (Å²) in [7, 11) is 0. The van der Waals surface area contributed by atoms with Crippen molar-refractivity contribution in [2.45, 2.75) is 31.5 Å². The molecule has 0 spiro atoms. The summed E-state index contributed by atoms with van der Waals surface area (Å²) in [5, 5.41) is 9.18. The molecule has 0 aliphatic carbocycles. The first-order valence-corrected chi connectivity index (χ1v) is 9.42. The number of hydrogen-bond acceptors (Lipinski definition) is 4. The highest BCUT2D eigenvalue weighted by Crippen LogP contribution is 2.25. The Morgan fingerprint density at radius 3 is 2.27 bits per heavy atom. The molecule has 0 saturated carbocycles. The van der Waals surface area contributed by atoms with E-state index >= 15 is 0 Å². The lowest BCUT2D eigenvalue weighted by Crippen LogP contribution is -2.49. The third-order valence-electron chi connectivity index (χ3n) is 5.27. The average molecular weight is 427 g/mol. The molecule has 0 radical (unpaired) electrons. The van der Waals surface area contributed by atoms with Crippen LogP contribution in [0.3, 0.4) is 0 Å². The van der Waals surface area contributed by atoms with Crippen LogP contribution in [-0.4, -0.2) is 82.0 Å². The standard InChI is InChI=1S/C19H20F3N3O5/c20-19(21,22)17(28)23(11-12-5-3-9-24(12)18(29)30)8-4-10-25-15(26)13-6-1-2-7-14(13)16(25)27/h1-2,6-7,12H,3-5,8-11H2,(H,29,30). The zero-order chi connectivity index (χ0) is 22.1. The van der Waals surface area contributed by atoms with Gasteiger partial charge in [-0.3, -0.25) is 19.3 Å². The van der Waals surface area contributed by atoms with Crippen LogP contribution in [0.2, 0.25) is 0 Å². The molecule has 2 aliphatic heterocycles. The van der Waals surface area contributed by atoms with Crippen LogP contribution in [0.15, 0.2) is 24.3 Å². The smallest absolute Gasteiger partial charge is 0.465 e. The molecule has 1 saturated heterocycles. The van der Waals surface area contributed by atoms with Crippen molar-refractivity contribution in [1.29, 1.82) is 0 Å². The minimum atomic E-state index is -5.11. The first-order chi connectivity index (χ1) is 14.1. The molecule has 4 amide bonds. The van der Waals surface area contributed by atoms with Gasteiger partial charge in [0, 0.05) is 26.2 Å². The number of benzene rings is 1. The van der Waals surface area contributed by atoms with Crippen LogP contribution in [0.5, 0.6) is 0 Å². The summed E-state index contributed by atoms with van der Waals surface area (Å²) in [4.78, 5) is 50.3. The fourth-order valence-corrected chi connectivity index (χ4v) is 3.85. The van der Waals surface area contributed by atoms with E-state index in [-0.39, 0.29) is 37.2 Å². The molecule has 8 nitrogen and oxygen atoms in total. The normalized spacial score (nSPS) is 18.7. The van der Waals surface area contributed by atoms with E-state index in [1.54, 1.807) is 12.1 Å². The lowest BCUT2D eigenvalue weighted by Gasteiger charge is -2.30. The minimum absolute atomic E-state index is 0.0624. The van der Waals surface area contributed by atoms with Crippen molar-refractivity contribution in [2.24, 2.45) is 0 Å². The Morgan fingerprint density at radius 1 is 1.13 bits per heavy atom. The number of alkyl halides is 3. The molecular formula is C19H20F3N3O5. The molecule has 3 rings (SSSR count). The van der Waals surface area contributed by atoms with Crippen molar-refractivity contribution in [3.63, 3.8) is 0 Å². The minimum Gasteiger partial charge on any atom is -0.465 e. The Kier molecular flexibility index (Phi) is 5.99. The Balaban J connectivity index is 1.66. The van der Waals surface area contributed by atoms with E-state index in [9.17, 15) is 37.5 Å². The fraction of sp³-hybridized carbons (Fsp3) is 0.474. The molecule has 0 bridgehead atoms. The number of hydrogen-bond donors (Lipinski definition) is 1. The molecule has 1 atom stereocenters. The van der Waals surface area contributed by atoms with Gasteiger partial charge in [-0.25, -0.2) is 4.79 Å².